The summed E-state index contributed by atoms with van der Waals surface area (Å²) in [6, 6.07) is 8.51. The summed E-state index contributed by atoms with van der Waals surface area (Å²) in [4.78, 5) is 12.6. The lowest BCUT2D eigenvalue weighted by Crippen LogP contribution is -2.32. The molecule has 2 aromatic carbocycles. The molecule has 0 aliphatic carbocycles. The number of carbonyl (C=O) groups is 1. The van der Waals surface area contributed by atoms with Crippen LogP contribution in [0.25, 0.3) is 0 Å². The molecular formula is C19H21ClN2O5S2. The molecule has 10 heteroatoms. The van der Waals surface area contributed by atoms with Crippen LogP contribution in [0.4, 0.5) is 0 Å². The number of aryl methyl sites for hydroxylation is 1. The van der Waals surface area contributed by atoms with Crippen molar-refractivity contribution in [2.24, 2.45) is 0 Å². The first kappa shape index (κ1) is 21.8. The maximum Gasteiger partial charge on any atom is 0.265 e. The summed E-state index contributed by atoms with van der Waals surface area (Å²) in [5.74, 6) is -0.902. The molecule has 1 saturated heterocycles. The van der Waals surface area contributed by atoms with Crippen molar-refractivity contribution in [3.63, 3.8) is 0 Å². The van der Waals surface area contributed by atoms with Crippen molar-refractivity contribution in [3.8, 4) is 0 Å². The van der Waals surface area contributed by atoms with Gasteiger partial charge < -0.3 is 0 Å². The molecule has 0 spiro atoms. The van der Waals surface area contributed by atoms with Crippen LogP contribution in [0.3, 0.4) is 0 Å². The minimum Gasteiger partial charge on any atom is -0.268 e. The van der Waals surface area contributed by atoms with E-state index in [4.69, 9.17) is 11.6 Å². The van der Waals surface area contributed by atoms with Crippen molar-refractivity contribution in [2.75, 3.05) is 13.1 Å². The molecule has 1 aliphatic rings. The molecule has 1 aliphatic heterocycles. The molecule has 2 aromatic rings. The highest BCUT2D eigenvalue weighted by Crippen LogP contribution is 2.25. The summed E-state index contributed by atoms with van der Waals surface area (Å²) >= 11 is 5.98. The summed E-state index contributed by atoms with van der Waals surface area (Å²) < 4.78 is 54.3. The Morgan fingerprint density at radius 3 is 2.34 bits per heavy atom. The maximum atomic E-state index is 12.8. The van der Waals surface area contributed by atoms with Gasteiger partial charge in [-0.2, -0.15) is 4.31 Å². The second kappa shape index (κ2) is 8.06. The van der Waals surface area contributed by atoms with Gasteiger partial charge in [0.2, 0.25) is 10.0 Å². The maximum absolute atomic E-state index is 12.8. The van der Waals surface area contributed by atoms with Gasteiger partial charge in [0.05, 0.1) is 9.79 Å². The van der Waals surface area contributed by atoms with E-state index >= 15 is 0 Å². The SMILES string of the molecule is Cc1ccc(S(=O)(=O)N2CCCC2)cc1C(=O)NS(=O)(=O)c1cccc(Cl)c1C. The van der Waals surface area contributed by atoms with Gasteiger partial charge in [-0.1, -0.05) is 23.7 Å². The second-order valence-corrected chi connectivity index (χ2v) is 10.9. The highest BCUT2D eigenvalue weighted by Gasteiger charge is 2.29. The molecule has 1 N–H and O–H groups in total. The molecule has 156 valence electrons. The zero-order valence-corrected chi connectivity index (χ0v) is 18.4. The molecule has 0 atom stereocenters. The Labute approximate surface area is 175 Å². The number of nitrogens with zero attached hydrogens (tertiary/aromatic N) is 1. The van der Waals surface area contributed by atoms with E-state index in [1.165, 1.54) is 41.6 Å². The fourth-order valence-corrected chi connectivity index (χ4v) is 6.20. The van der Waals surface area contributed by atoms with Crippen LogP contribution in [0.5, 0.6) is 0 Å². The Balaban J connectivity index is 1.94. The van der Waals surface area contributed by atoms with E-state index in [1.807, 2.05) is 4.72 Å². The molecule has 7 nitrogen and oxygen atoms in total. The van der Waals surface area contributed by atoms with E-state index in [-0.39, 0.29) is 20.4 Å². The van der Waals surface area contributed by atoms with Crippen LogP contribution in [0.1, 0.15) is 34.3 Å². The molecule has 3 rings (SSSR count). The Bertz CT molecular complexity index is 1170. The minimum absolute atomic E-state index is 0.0199. The molecule has 0 radical (unpaired) electrons. The molecule has 0 saturated carbocycles. The lowest BCUT2D eigenvalue weighted by Gasteiger charge is -2.17. The standard InChI is InChI=1S/C19H21ClN2O5S2/c1-13-8-9-15(29(26,27)22-10-3-4-11-22)12-16(13)19(23)21-28(24,25)18-7-5-6-17(20)14(18)2/h5-9,12H,3-4,10-11H2,1-2H3,(H,21,23). The van der Waals surface area contributed by atoms with E-state index in [0.29, 0.717) is 24.2 Å². The zero-order valence-electron chi connectivity index (χ0n) is 16.0. The van der Waals surface area contributed by atoms with Crippen molar-refractivity contribution in [1.82, 2.24) is 9.03 Å². The van der Waals surface area contributed by atoms with E-state index < -0.39 is 26.0 Å². The summed E-state index contributed by atoms with van der Waals surface area (Å²) in [7, 11) is -7.92. The smallest absolute Gasteiger partial charge is 0.265 e. The number of hydrogen-bond donors (Lipinski definition) is 1. The number of amides is 1. The van der Waals surface area contributed by atoms with Crippen molar-refractivity contribution in [2.45, 2.75) is 36.5 Å². The third kappa shape index (κ3) is 4.32. The number of sulfonamides is 2. The minimum atomic E-state index is -4.19. The highest BCUT2D eigenvalue weighted by atomic mass is 35.5. The molecular weight excluding hydrogens is 436 g/mol. The monoisotopic (exact) mass is 456 g/mol. The lowest BCUT2D eigenvalue weighted by atomic mass is 10.1. The predicted octanol–water partition coefficient (Wildman–Crippen LogP) is 2.86. The average Bonchev–Trinajstić information content (AvgIpc) is 3.19. The quantitative estimate of drug-likeness (QED) is 0.745. The number of nitrogens with one attached hydrogen (secondary N) is 1. The number of carbonyl (C=O) groups excluding carboxylic acids is 1. The van der Waals surface area contributed by atoms with Crippen molar-refractivity contribution < 1.29 is 21.6 Å². The first-order chi connectivity index (χ1) is 13.5. The highest BCUT2D eigenvalue weighted by molar-refractivity contribution is 7.90. The van der Waals surface area contributed by atoms with Crippen LogP contribution in [0, 0.1) is 13.8 Å². The van der Waals surface area contributed by atoms with Crippen LogP contribution >= 0.6 is 11.6 Å². The molecule has 1 amide bonds. The number of rotatable bonds is 5. The molecule has 1 fully saturated rings. The summed E-state index contributed by atoms with van der Waals surface area (Å²) in [6.07, 6.45) is 1.57. The van der Waals surface area contributed by atoms with Gasteiger partial charge in [0.15, 0.2) is 0 Å². The molecule has 0 bridgehead atoms. The van der Waals surface area contributed by atoms with Gasteiger partial charge in [-0.3, -0.25) is 4.79 Å². The number of halogens is 1. The number of hydrogen-bond acceptors (Lipinski definition) is 5. The van der Waals surface area contributed by atoms with Crippen molar-refractivity contribution >= 4 is 37.6 Å². The van der Waals surface area contributed by atoms with E-state index in [9.17, 15) is 21.6 Å². The van der Waals surface area contributed by atoms with Gasteiger partial charge in [0, 0.05) is 23.7 Å². The van der Waals surface area contributed by atoms with Gasteiger partial charge in [-0.05, 0) is 62.1 Å². The summed E-state index contributed by atoms with van der Waals surface area (Å²) in [6.45, 7) is 4.01. The zero-order chi connectivity index (χ0) is 21.4. The topological polar surface area (TPSA) is 101 Å². The third-order valence-corrected chi connectivity index (χ3v) is 8.67. The van der Waals surface area contributed by atoms with Crippen molar-refractivity contribution in [1.29, 1.82) is 0 Å². The molecule has 29 heavy (non-hydrogen) atoms. The predicted molar refractivity (Wildman–Crippen MR) is 110 cm³/mol. The Morgan fingerprint density at radius 2 is 1.69 bits per heavy atom. The number of benzene rings is 2. The lowest BCUT2D eigenvalue weighted by molar-refractivity contribution is 0.0980. The molecule has 0 aromatic heterocycles. The van der Waals surface area contributed by atoms with E-state index in [0.717, 1.165) is 12.8 Å². The second-order valence-electron chi connectivity index (χ2n) is 6.89. The fourth-order valence-electron chi connectivity index (χ4n) is 3.19. The fraction of sp³-hybridized carbons (Fsp3) is 0.316. The first-order valence-corrected chi connectivity index (χ1v) is 12.3. The van der Waals surface area contributed by atoms with Gasteiger partial charge in [0.1, 0.15) is 0 Å². The van der Waals surface area contributed by atoms with Crippen LogP contribution in [-0.4, -0.2) is 40.1 Å². The van der Waals surface area contributed by atoms with E-state index in [2.05, 4.69) is 0 Å². The van der Waals surface area contributed by atoms with Gasteiger partial charge >= 0.3 is 0 Å². The summed E-state index contributed by atoms with van der Waals surface area (Å²) in [5.41, 5.74) is 0.756. The Kier molecular flexibility index (Phi) is 6.05. The normalized spacial score (nSPS) is 15.4. The largest absolute Gasteiger partial charge is 0.268 e. The summed E-state index contributed by atoms with van der Waals surface area (Å²) in [5, 5.41) is 0.259. The van der Waals surface area contributed by atoms with Crippen LogP contribution in [0.15, 0.2) is 46.2 Å². The van der Waals surface area contributed by atoms with Gasteiger partial charge in [0.25, 0.3) is 15.9 Å². The molecule has 0 unspecified atom stereocenters. The van der Waals surface area contributed by atoms with Crippen LogP contribution < -0.4 is 4.72 Å². The van der Waals surface area contributed by atoms with Crippen molar-refractivity contribution in [3.05, 3.63) is 58.1 Å². The molecule has 1 heterocycles. The van der Waals surface area contributed by atoms with Gasteiger partial charge in [-0.25, -0.2) is 21.6 Å². The van der Waals surface area contributed by atoms with E-state index in [1.54, 1.807) is 13.0 Å². The first-order valence-electron chi connectivity index (χ1n) is 8.97. The third-order valence-electron chi connectivity index (χ3n) is 4.89. The Hall–Kier alpha value is -1.94. The average molecular weight is 457 g/mol. The van der Waals surface area contributed by atoms with Crippen LogP contribution in [0.2, 0.25) is 5.02 Å². The Morgan fingerprint density at radius 1 is 1.03 bits per heavy atom. The van der Waals surface area contributed by atoms with Gasteiger partial charge in [-0.15, -0.1) is 0 Å². The van der Waals surface area contributed by atoms with Crippen LogP contribution in [-0.2, 0) is 20.0 Å².